The molecule has 0 atom stereocenters. The number of benzene rings is 1. The Hall–Kier alpha value is -0.410. The van der Waals surface area contributed by atoms with Gasteiger partial charge in [0.25, 0.3) is 0 Å². The van der Waals surface area contributed by atoms with Crippen molar-refractivity contribution in [3.05, 3.63) is 34.1 Å². The van der Waals surface area contributed by atoms with Gasteiger partial charge in [-0.25, -0.2) is 4.39 Å². The summed E-state index contributed by atoms with van der Waals surface area (Å²) in [5.74, 6) is 0.511. The van der Waals surface area contributed by atoms with Crippen LogP contribution in [0.1, 0.15) is 25.8 Å². The van der Waals surface area contributed by atoms with Gasteiger partial charge in [-0.3, -0.25) is 0 Å². The van der Waals surface area contributed by atoms with Crippen molar-refractivity contribution in [2.75, 3.05) is 6.54 Å². The van der Waals surface area contributed by atoms with Crippen LogP contribution in [0, 0.1) is 11.7 Å². The molecule has 0 heterocycles. The summed E-state index contributed by atoms with van der Waals surface area (Å²) in [4.78, 5) is 0. The molecule has 0 saturated carbocycles. The van der Waals surface area contributed by atoms with E-state index in [1.165, 1.54) is 0 Å². The van der Waals surface area contributed by atoms with Gasteiger partial charge >= 0.3 is 0 Å². The minimum absolute atomic E-state index is 0.196. The average Bonchev–Trinajstić information content (AvgIpc) is 2.18. The van der Waals surface area contributed by atoms with E-state index in [1.807, 2.05) is 6.07 Å². The van der Waals surface area contributed by atoms with Gasteiger partial charge in [-0.1, -0.05) is 19.9 Å². The molecule has 84 valence electrons. The summed E-state index contributed by atoms with van der Waals surface area (Å²) >= 11 is 3.13. The highest BCUT2D eigenvalue weighted by Crippen LogP contribution is 2.16. The van der Waals surface area contributed by atoms with Crippen molar-refractivity contribution < 1.29 is 4.39 Å². The Kier molecular flexibility index (Phi) is 5.26. The van der Waals surface area contributed by atoms with Crippen molar-refractivity contribution in [1.29, 1.82) is 0 Å². The third-order valence-corrected chi connectivity index (χ3v) is 2.85. The summed E-state index contributed by atoms with van der Waals surface area (Å²) in [6.45, 7) is 6.11. The molecular weight excluding hydrogens is 257 g/mol. The smallest absolute Gasteiger partial charge is 0.137 e. The molecule has 0 aliphatic rings. The molecule has 1 rings (SSSR count). The van der Waals surface area contributed by atoms with Crippen molar-refractivity contribution in [1.82, 2.24) is 5.32 Å². The maximum atomic E-state index is 13.1. The summed E-state index contributed by atoms with van der Waals surface area (Å²) < 4.78 is 13.7. The minimum Gasteiger partial charge on any atom is -0.313 e. The fourth-order valence-electron chi connectivity index (χ4n) is 1.27. The summed E-state index contributed by atoms with van der Waals surface area (Å²) in [5.41, 5.74) is 0.986. The molecule has 1 aromatic carbocycles. The number of nitrogens with one attached hydrogen (secondary N) is 1. The van der Waals surface area contributed by atoms with E-state index < -0.39 is 0 Å². The lowest BCUT2D eigenvalue weighted by Gasteiger charge is -2.07. The molecule has 0 aliphatic heterocycles. The Labute approximate surface area is 99.2 Å². The largest absolute Gasteiger partial charge is 0.313 e. The maximum Gasteiger partial charge on any atom is 0.137 e. The molecule has 0 unspecified atom stereocenters. The zero-order valence-corrected chi connectivity index (χ0v) is 10.8. The predicted octanol–water partition coefficient (Wildman–Crippen LogP) is 3.72. The van der Waals surface area contributed by atoms with E-state index in [0.29, 0.717) is 10.4 Å². The minimum atomic E-state index is -0.196. The van der Waals surface area contributed by atoms with E-state index >= 15 is 0 Å². The van der Waals surface area contributed by atoms with Gasteiger partial charge in [-0.15, -0.1) is 0 Å². The van der Waals surface area contributed by atoms with Crippen LogP contribution >= 0.6 is 15.9 Å². The fourth-order valence-corrected chi connectivity index (χ4v) is 1.52. The van der Waals surface area contributed by atoms with Crippen LogP contribution in [0.4, 0.5) is 4.39 Å². The lowest BCUT2D eigenvalue weighted by Crippen LogP contribution is -2.16. The number of hydrogen-bond acceptors (Lipinski definition) is 1. The molecule has 0 spiro atoms. The second-order valence-corrected chi connectivity index (χ2v) is 4.96. The predicted molar refractivity (Wildman–Crippen MR) is 65.3 cm³/mol. The molecule has 1 N–H and O–H groups in total. The van der Waals surface area contributed by atoms with E-state index in [4.69, 9.17) is 0 Å². The Morgan fingerprint density at radius 3 is 2.73 bits per heavy atom. The quantitative estimate of drug-likeness (QED) is 0.807. The maximum absolute atomic E-state index is 13.1. The van der Waals surface area contributed by atoms with Crippen LogP contribution in [0.5, 0.6) is 0 Å². The van der Waals surface area contributed by atoms with Gasteiger partial charge in [0.15, 0.2) is 0 Å². The molecule has 0 aromatic heterocycles. The van der Waals surface area contributed by atoms with Crippen molar-refractivity contribution in [2.24, 2.45) is 5.92 Å². The van der Waals surface area contributed by atoms with E-state index in [1.54, 1.807) is 12.1 Å². The van der Waals surface area contributed by atoms with Crippen molar-refractivity contribution >= 4 is 15.9 Å². The van der Waals surface area contributed by atoms with E-state index in [-0.39, 0.29) is 5.82 Å². The first-order valence-electron chi connectivity index (χ1n) is 5.24. The van der Waals surface area contributed by atoms with Gasteiger partial charge < -0.3 is 5.32 Å². The van der Waals surface area contributed by atoms with Gasteiger partial charge in [-0.05, 0) is 52.5 Å². The van der Waals surface area contributed by atoms with Crippen LogP contribution in [0.3, 0.4) is 0 Å². The summed E-state index contributed by atoms with van der Waals surface area (Å²) in [6.07, 6.45) is 1.15. The van der Waals surface area contributed by atoms with Gasteiger partial charge in [0.2, 0.25) is 0 Å². The molecule has 15 heavy (non-hydrogen) atoms. The second kappa shape index (κ2) is 6.23. The lowest BCUT2D eigenvalue weighted by atomic mass is 10.1. The molecule has 0 radical (unpaired) electrons. The SMILES string of the molecule is CC(C)CCNCc1ccc(Br)c(F)c1. The number of rotatable bonds is 5. The van der Waals surface area contributed by atoms with Crippen LogP contribution in [-0.4, -0.2) is 6.54 Å². The summed E-state index contributed by atoms with van der Waals surface area (Å²) in [6, 6.07) is 5.23. The van der Waals surface area contributed by atoms with E-state index in [9.17, 15) is 4.39 Å². The Balaban J connectivity index is 2.35. The molecule has 0 fully saturated rings. The molecular formula is C12H17BrFN. The van der Waals surface area contributed by atoms with E-state index in [0.717, 1.165) is 25.1 Å². The average molecular weight is 274 g/mol. The first kappa shape index (κ1) is 12.7. The van der Waals surface area contributed by atoms with Crippen molar-refractivity contribution in [3.63, 3.8) is 0 Å². The molecule has 0 saturated heterocycles. The zero-order chi connectivity index (χ0) is 11.3. The lowest BCUT2D eigenvalue weighted by molar-refractivity contribution is 0.536. The molecule has 1 nitrogen and oxygen atoms in total. The third kappa shape index (κ3) is 4.76. The topological polar surface area (TPSA) is 12.0 Å². The number of halogens is 2. The van der Waals surface area contributed by atoms with Gasteiger partial charge in [0, 0.05) is 6.54 Å². The highest BCUT2D eigenvalue weighted by molar-refractivity contribution is 9.10. The van der Waals surface area contributed by atoms with Crippen molar-refractivity contribution in [3.8, 4) is 0 Å². The molecule has 0 aliphatic carbocycles. The van der Waals surface area contributed by atoms with Gasteiger partial charge in [0.1, 0.15) is 5.82 Å². The molecule has 0 amide bonds. The molecule has 1 aromatic rings. The van der Waals surface area contributed by atoms with Crippen LogP contribution in [0.2, 0.25) is 0 Å². The first-order chi connectivity index (χ1) is 7.09. The van der Waals surface area contributed by atoms with Crippen LogP contribution in [-0.2, 0) is 6.54 Å². The van der Waals surface area contributed by atoms with Crippen LogP contribution in [0.15, 0.2) is 22.7 Å². The summed E-state index contributed by atoms with van der Waals surface area (Å²) in [7, 11) is 0. The fraction of sp³-hybridized carbons (Fsp3) is 0.500. The highest BCUT2D eigenvalue weighted by atomic mass is 79.9. The zero-order valence-electron chi connectivity index (χ0n) is 9.19. The van der Waals surface area contributed by atoms with Crippen LogP contribution < -0.4 is 5.32 Å². The van der Waals surface area contributed by atoms with Crippen molar-refractivity contribution in [2.45, 2.75) is 26.8 Å². The highest BCUT2D eigenvalue weighted by Gasteiger charge is 2.00. The van der Waals surface area contributed by atoms with Gasteiger partial charge in [-0.2, -0.15) is 0 Å². The van der Waals surface area contributed by atoms with Crippen LogP contribution in [0.25, 0.3) is 0 Å². The van der Waals surface area contributed by atoms with Gasteiger partial charge in [0.05, 0.1) is 4.47 Å². The second-order valence-electron chi connectivity index (χ2n) is 4.11. The normalized spacial score (nSPS) is 11.0. The summed E-state index contributed by atoms with van der Waals surface area (Å²) in [5, 5.41) is 3.30. The molecule has 0 bridgehead atoms. The van der Waals surface area contributed by atoms with E-state index in [2.05, 4.69) is 35.1 Å². The Morgan fingerprint density at radius 1 is 1.40 bits per heavy atom. The Morgan fingerprint density at radius 2 is 2.13 bits per heavy atom. The number of hydrogen-bond donors (Lipinski definition) is 1. The Bertz CT molecular complexity index is 312. The third-order valence-electron chi connectivity index (χ3n) is 2.21. The first-order valence-corrected chi connectivity index (χ1v) is 6.03. The molecule has 3 heteroatoms. The standard InChI is InChI=1S/C12H17BrFN/c1-9(2)5-6-15-8-10-3-4-11(13)12(14)7-10/h3-4,7,9,15H,5-6,8H2,1-2H3. The monoisotopic (exact) mass is 273 g/mol.